The van der Waals surface area contributed by atoms with Crippen LogP contribution in [0.3, 0.4) is 0 Å². The van der Waals surface area contributed by atoms with E-state index in [2.05, 4.69) is 31.0 Å². The van der Waals surface area contributed by atoms with Crippen LogP contribution in [0.5, 0.6) is 0 Å². The number of fused-ring (bicyclic) bond motifs is 1. The number of hydrogen-bond donors (Lipinski definition) is 3. The second-order valence-electron chi connectivity index (χ2n) is 6.68. The van der Waals surface area contributed by atoms with Gasteiger partial charge in [0.25, 0.3) is 0 Å². The molecule has 8 nitrogen and oxygen atoms in total. The number of aromatic nitrogens is 3. The second kappa shape index (κ2) is 8.12. The van der Waals surface area contributed by atoms with Crippen molar-refractivity contribution in [2.45, 2.75) is 53.1 Å². The normalized spacial score (nSPS) is 18.0. The number of aryl methyl sites for hydroxylation is 1. The minimum absolute atomic E-state index is 0.0227. The number of carbonyl (C=O) groups is 1. The summed E-state index contributed by atoms with van der Waals surface area (Å²) >= 11 is 0. The molecule has 0 aromatic carbocycles. The third kappa shape index (κ3) is 4.69. The Hall–Kier alpha value is -2.12. The fraction of sp³-hybridized carbons (Fsp3) is 0.750. The average molecular weight is 335 g/mol. The highest BCUT2D eigenvalue weighted by molar-refractivity contribution is 5.83. The number of rotatable bonds is 6. The molecule has 0 saturated heterocycles. The van der Waals surface area contributed by atoms with E-state index in [1.54, 1.807) is 6.33 Å². The Bertz CT molecular complexity index is 579. The van der Waals surface area contributed by atoms with Gasteiger partial charge in [-0.15, -0.1) is 0 Å². The van der Waals surface area contributed by atoms with Crippen molar-refractivity contribution in [3.05, 3.63) is 12.2 Å². The van der Waals surface area contributed by atoms with E-state index in [4.69, 9.17) is 0 Å². The summed E-state index contributed by atoms with van der Waals surface area (Å²) in [5.41, 5.74) is -0.538. The lowest BCUT2D eigenvalue weighted by Gasteiger charge is -2.26. The van der Waals surface area contributed by atoms with Gasteiger partial charge in [-0.25, -0.2) is 9.67 Å². The molecule has 8 heteroatoms. The van der Waals surface area contributed by atoms with Crippen LogP contribution in [-0.4, -0.2) is 52.3 Å². The lowest BCUT2D eigenvalue weighted by Crippen LogP contribution is -2.48. The molecular formula is C16H29N7O. The van der Waals surface area contributed by atoms with Gasteiger partial charge in [-0.2, -0.15) is 5.10 Å². The van der Waals surface area contributed by atoms with Gasteiger partial charge in [-0.1, -0.05) is 0 Å². The van der Waals surface area contributed by atoms with Crippen molar-refractivity contribution >= 4 is 11.9 Å². The highest BCUT2D eigenvalue weighted by atomic mass is 16.2. The number of carbonyl (C=O) groups excluding carboxylic acids is 1. The molecule has 0 saturated carbocycles. The van der Waals surface area contributed by atoms with Gasteiger partial charge in [0.15, 0.2) is 5.96 Å². The molecule has 1 amide bonds. The standard InChI is InChI=1S/C16H29N7O/c1-5-17-14(24)16(3,4)10-19-15(18-6-2)22-12-7-8-13-20-11-21-23(13)9-12/h11-12H,5-10H2,1-4H3,(H,17,24)(H2,18,19,22). The summed E-state index contributed by atoms with van der Waals surface area (Å²) in [5.74, 6) is 1.80. The number of aliphatic imine (C=N–C) groups is 1. The van der Waals surface area contributed by atoms with Crippen molar-refractivity contribution in [3.63, 3.8) is 0 Å². The molecule has 3 N–H and O–H groups in total. The zero-order valence-corrected chi connectivity index (χ0v) is 15.1. The first-order valence-corrected chi connectivity index (χ1v) is 8.66. The highest BCUT2D eigenvalue weighted by Gasteiger charge is 2.27. The highest BCUT2D eigenvalue weighted by Crippen LogP contribution is 2.16. The Morgan fingerprint density at radius 1 is 1.38 bits per heavy atom. The first-order chi connectivity index (χ1) is 11.5. The van der Waals surface area contributed by atoms with Crippen LogP contribution in [-0.2, 0) is 17.8 Å². The molecule has 2 heterocycles. The van der Waals surface area contributed by atoms with Crippen LogP contribution in [0.15, 0.2) is 11.3 Å². The van der Waals surface area contributed by atoms with E-state index in [1.165, 1.54) is 0 Å². The maximum atomic E-state index is 12.1. The molecule has 134 valence electrons. The van der Waals surface area contributed by atoms with Gasteiger partial charge < -0.3 is 16.0 Å². The monoisotopic (exact) mass is 335 g/mol. The van der Waals surface area contributed by atoms with Gasteiger partial charge >= 0.3 is 0 Å². The molecule has 1 aliphatic rings. The predicted octanol–water partition coefficient (Wildman–Crippen LogP) is 0.310. The van der Waals surface area contributed by atoms with Crippen molar-refractivity contribution in [2.75, 3.05) is 19.6 Å². The van der Waals surface area contributed by atoms with Gasteiger partial charge in [-0.05, 0) is 34.1 Å². The topological polar surface area (TPSA) is 96.2 Å². The minimum atomic E-state index is -0.538. The summed E-state index contributed by atoms with van der Waals surface area (Å²) in [6, 6.07) is 0.254. The van der Waals surface area contributed by atoms with E-state index in [-0.39, 0.29) is 11.9 Å². The number of guanidine groups is 1. The van der Waals surface area contributed by atoms with Crippen LogP contribution < -0.4 is 16.0 Å². The number of amides is 1. The SMILES string of the molecule is CCNC(=O)C(C)(C)CN=C(NCC)NC1CCc2ncnn2C1. The third-order valence-electron chi connectivity index (χ3n) is 4.07. The minimum Gasteiger partial charge on any atom is -0.357 e. The maximum absolute atomic E-state index is 12.1. The summed E-state index contributed by atoms with van der Waals surface area (Å²) in [5, 5.41) is 13.8. The van der Waals surface area contributed by atoms with Gasteiger partial charge in [0, 0.05) is 25.6 Å². The Morgan fingerprint density at radius 3 is 2.83 bits per heavy atom. The van der Waals surface area contributed by atoms with E-state index in [1.807, 2.05) is 32.4 Å². The molecule has 1 atom stereocenters. The van der Waals surface area contributed by atoms with Crippen LogP contribution in [0.2, 0.25) is 0 Å². The second-order valence-corrected chi connectivity index (χ2v) is 6.68. The number of nitrogens with zero attached hydrogens (tertiary/aromatic N) is 4. The Kier molecular flexibility index (Phi) is 6.16. The van der Waals surface area contributed by atoms with Crippen LogP contribution in [0, 0.1) is 5.41 Å². The summed E-state index contributed by atoms with van der Waals surface area (Å²) < 4.78 is 1.93. The van der Waals surface area contributed by atoms with Crippen molar-refractivity contribution in [1.82, 2.24) is 30.7 Å². The van der Waals surface area contributed by atoms with Gasteiger partial charge in [0.1, 0.15) is 12.2 Å². The maximum Gasteiger partial charge on any atom is 0.227 e. The van der Waals surface area contributed by atoms with E-state index < -0.39 is 5.41 Å². The summed E-state index contributed by atoms with van der Waals surface area (Å²) in [4.78, 5) is 21.0. The van der Waals surface area contributed by atoms with Crippen LogP contribution in [0.4, 0.5) is 0 Å². The zero-order valence-electron chi connectivity index (χ0n) is 15.1. The molecule has 1 unspecified atom stereocenters. The predicted molar refractivity (Wildman–Crippen MR) is 93.7 cm³/mol. The fourth-order valence-electron chi connectivity index (χ4n) is 2.62. The van der Waals surface area contributed by atoms with Crippen molar-refractivity contribution in [1.29, 1.82) is 0 Å². The molecule has 1 aromatic heterocycles. The van der Waals surface area contributed by atoms with Crippen molar-refractivity contribution in [3.8, 4) is 0 Å². The third-order valence-corrected chi connectivity index (χ3v) is 4.07. The van der Waals surface area contributed by atoms with Gasteiger partial charge in [0.2, 0.25) is 5.91 Å². The molecule has 24 heavy (non-hydrogen) atoms. The van der Waals surface area contributed by atoms with Crippen molar-refractivity contribution in [2.24, 2.45) is 10.4 Å². The quantitative estimate of drug-likeness (QED) is 0.514. The van der Waals surface area contributed by atoms with Gasteiger partial charge in [0.05, 0.1) is 18.5 Å². The summed E-state index contributed by atoms with van der Waals surface area (Å²) in [7, 11) is 0. The molecular weight excluding hydrogens is 306 g/mol. The fourth-order valence-corrected chi connectivity index (χ4v) is 2.62. The zero-order chi connectivity index (χ0) is 17.6. The molecule has 0 fully saturated rings. The van der Waals surface area contributed by atoms with E-state index in [9.17, 15) is 4.79 Å². The molecule has 0 aliphatic carbocycles. The van der Waals surface area contributed by atoms with Gasteiger partial charge in [-0.3, -0.25) is 9.79 Å². The van der Waals surface area contributed by atoms with E-state index in [0.29, 0.717) is 13.1 Å². The Labute approximate surface area is 143 Å². The lowest BCUT2D eigenvalue weighted by molar-refractivity contribution is -0.128. The first-order valence-electron chi connectivity index (χ1n) is 8.66. The largest absolute Gasteiger partial charge is 0.357 e. The lowest BCUT2D eigenvalue weighted by atomic mass is 9.92. The molecule has 0 spiro atoms. The van der Waals surface area contributed by atoms with Crippen LogP contribution in [0.25, 0.3) is 0 Å². The van der Waals surface area contributed by atoms with E-state index >= 15 is 0 Å². The molecule has 0 radical (unpaired) electrons. The molecule has 1 aromatic rings. The average Bonchev–Trinajstić information content (AvgIpc) is 3.01. The Balaban J connectivity index is 1.97. The smallest absolute Gasteiger partial charge is 0.227 e. The molecule has 0 bridgehead atoms. The summed E-state index contributed by atoms with van der Waals surface area (Å²) in [6.45, 7) is 10.4. The molecule has 1 aliphatic heterocycles. The van der Waals surface area contributed by atoms with Crippen molar-refractivity contribution < 1.29 is 4.79 Å². The first kappa shape index (κ1) is 18.2. The summed E-state index contributed by atoms with van der Waals surface area (Å²) in [6.07, 6.45) is 3.50. The number of hydrogen-bond acceptors (Lipinski definition) is 4. The molecule has 2 rings (SSSR count). The van der Waals surface area contributed by atoms with Crippen LogP contribution >= 0.6 is 0 Å². The number of nitrogens with one attached hydrogen (secondary N) is 3. The Morgan fingerprint density at radius 2 is 2.12 bits per heavy atom. The van der Waals surface area contributed by atoms with E-state index in [0.717, 1.165) is 37.7 Å². The van der Waals surface area contributed by atoms with Crippen LogP contribution in [0.1, 0.15) is 39.9 Å².